The second kappa shape index (κ2) is 5.92. The van der Waals surface area contributed by atoms with Crippen LogP contribution in [0, 0.1) is 17.5 Å². The standard InChI is InChI=1S/C14H10F3NOS/c15-10-2-3-11(16)9(5-10)7-19-13-4-1-8(14(18)20)6-12(13)17/h1-6H,7H2,(H2,18,20). The van der Waals surface area contributed by atoms with Crippen molar-refractivity contribution in [2.24, 2.45) is 5.73 Å². The molecule has 0 saturated carbocycles. The first-order valence-corrected chi connectivity index (χ1v) is 6.04. The summed E-state index contributed by atoms with van der Waals surface area (Å²) in [5.74, 6) is -1.97. The van der Waals surface area contributed by atoms with Crippen molar-refractivity contribution in [3.63, 3.8) is 0 Å². The smallest absolute Gasteiger partial charge is 0.165 e. The molecule has 0 bridgehead atoms. The molecule has 0 aliphatic heterocycles. The predicted octanol–water partition coefficient (Wildman–Crippen LogP) is 3.32. The molecule has 0 amide bonds. The molecule has 0 aromatic heterocycles. The average Bonchev–Trinajstić information content (AvgIpc) is 2.40. The number of hydrogen-bond acceptors (Lipinski definition) is 2. The van der Waals surface area contributed by atoms with E-state index in [1.807, 2.05) is 0 Å². The molecule has 0 atom stereocenters. The van der Waals surface area contributed by atoms with Crippen LogP contribution in [0.25, 0.3) is 0 Å². The fourth-order valence-electron chi connectivity index (χ4n) is 1.58. The van der Waals surface area contributed by atoms with Gasteiger partial charge in [0.25, 0.3) is 0 Å². The van der Waals surface area contributed by atoms with E-state index >= 15 is 0 Å². The van der Waals surface area contributed by atoms with Crippen LogP contribution in [-0.4, -0.2) is 4.99 Å². The lowest BCUT2D eigenvalue weighted by atomic mass is 10.2. The predicted molar refractivity (Wildman–Crippen MR) is 73.0 cm³/mol. The summed E-state index contributed by atoms with van der Waals surface area (Å²) in [6.07, 6.45) is 0. The molecule has 2 nitrogen and oxygen atoms in total. The molecule has 0 saturated heterocycles. The van der Waals surface area contributed by atoms with Crippen LogP contribution in [0.1, 0.15) is 11.1 Å². The Kier molecular flexibility index (Phi) is 4.24. The molecule has 0 aliphatic rings. The summed E-state index contributed by atoms with van der Waals surface area (Å²) in [7, 11) is 0. The third-order valence-corrected chi connectivity index (χ3v) is 2.84. The molecule has 2 rings (SSSR count). The summed E-state index contributed by atoms with van der Waals surface area (Å²) in [5.41, 5.74) is 5.73. The maximum absolute atomic E-state index is 13.7. The van der Waals surface area contributed by atoms with Gasteiger partial charge in [-0.3, -0.25) is 0 Å². The van der Waals surface area contributed by atoms with Crippen molar-refractivity contribution in [2.45, 2.75) is 6.61 Å². The fraction of sp³-hybridized carbons (Fsp3) is 0.0714. The van der Waals surface area contributed by atoms with Crippen molar-refractivity contribution in [3.8, 4) is 5.75 Å². The lowest BCUT2D eigenvalue weighted by Crippen LogP contribution is -2.10. The van der Waals surface area contributed by atoms with Crippen molar-refractivity contribution < 1.29 is 17.9 Å². The highest BCUT2D eigenvalue weighted by Gasteiger charge is 2.09. The zero-order valence-corrected chi connectivity index (χ0v) is 11.0. The third-order valence-electron chi connectivity index (χ3n) is 2.61. The number of hydrogen-bond donors (Lipinski definition) is 1. The first-order valence-electron chi connectivity index (χ1n) is 5.63. The molecule has 0 radical (unpaired) electrons. The summed E-state index contributed by atoms with van der Waals surface area (Å²) in [5, 5.41) is 0. The van der Waals surface area contributed by atoms with Crippen LogP contribution in [0.2, 0.25) is 0 Å². The van der Waals surface area contributed by atoms with E-state index in [1.165, 1.54) is 12.1 Å². The fourth-order valence-corrected chi connectivity index (χ4v) is 1.71. The van der Waals surface area contributed by atoms with Crippen LogP contribution in [0.15, 0.2) is 36.4 Å². The number of thiocarbonyl (C=S) groups is 1. The van der Waals surface area contributed by atoms with E-state index in [-0.39, 0.29) is 22.9 Å². The molecule has 0 aliphatic carbocycles. The van der Waals surface area contributed by atoms with Crippen LogP contribution < -0.4 is 10.5 Å². The van der Waals surface area contributed by atoms with Gasteiger partial charge in [-0.25, -0.2) is 13.2 Å². The summed E-state index contributed by atoms with van der Waals surface area (Å²) < 4.78 is 45.2. The lowest BCUT2D eigenvalue weighted by Gasteiger charge is -2.09. The SMILES string of the molecule is NC(=S)c1ccc(OCc2cc(F)ccc2F)c(F)c1. The largest absolute Gasteiger partial charge is 0.486 e. The summed E-state index contributed by atoms with van der Waals surface area (Å²) in [6, 6.07) is 6.93. The van der Waals surface area contributed by atoms with Gasteiger partial charge in [0, 0.05) is 11.1 Å². The Morgan fingerprint density at radius 2 is 1.80 bits per heavy atom. The minimum atomic E-state index is -0.674. The van der Waals surface area contributed by atoms with E-state index in [2.05, 4.69) is 0 Å². The second-order valence-corrected chi connectivity index (χ2v) is 4.47. The monoisotopic (exact) mass is 297 g/mol. The highest BCUT2D eigenvalue weighted by atomic mass is 32.1. The van der Waals surface area contributed by atoms with Gasteiger partial charge in [-0.1, -0.05) is 12.2 Å². The molecule has 0 unspecified atom stereocenters. The second-order valence-electron chi connectivity index (χ2n) is 4.03. The molecule has 0 spiro atoms. The number of rotatable bonds is 4. The summed E-state index contributed by atoms with van der Waals surface area (Å²) >= 11 is 4.72. The normalized spacial score (nSPS) is 10.3. The van der Waals surface area contributed by atoms with E-state index < -0.39 is 17.5 Å². The van der Waals surface area contributed by atoms with Gasteiger partial charge in [-0.2, -0.15) is 0 Å². The Bertz CT molecular complexity index is 661. The van der Waals surface area contributed by atoms with E-state index in [0.29, 0.717) is 5.56 Å². The molecule has 20 heavy (non-hydrogen) atoms. The number of ether oxygens (including phenoxy) is 1. The highest BCUT2D eigenvalue weighted by Crippen LogP contribution is 2.20. The van der Waals surface area contributed by atoms with Gasteiger partial charge < -0.3 is 10.5 Å². The first kappa shape index (κ1) is 14.3. The zero-order chi connectivity index (χ0) is 14.7. The number of nitrogens with two attached hydrogens (primary N) is 1. The van der Waals surface area contributed by atoms with Crippen molar-refractivity contribution >= 4 is 17.2 Å². The van der Waals surface area contributed by atoms with Gasteiger partial charge in [0.15, 0.2) is 11.6 Å². The van der Waals surface area contributed by atoms with Crippen LogP contribution in [0.5, 0.6) is 5.75 Å². The van der Waals surface area contributed by atoms with Crippen LogP contribution >= 0.6 is 12.2 Å². The van der Waals surface area contributed by atoms with Gasteiger partial charge in [-0.15, -0.1) is 0 Å². The van der Waals surface area contributed by atoms with Crippen LogP contribution in [0.4, 0.5) is 13.2 Å². The quantitative estimate of drug-likeness (QED) is 0.879. The van der Waals surface area contributed by atoms with E-state index in [4.69, 9.17) is 22.7 Å². The third kappa shape index (κ3) is 3.27. The van der Waals surface area contributed by atoms with Gasteiger partial charge in [-0.05, 0) is 36.4 Å². The maximum Gasteiger partial charge on any atom is 0.165 e. The molecule has 2 N–H and O–H groups in total. The lowest BCUT2D eigenvalue weighted by molar-refractivity contribution is 0.284. The Morgan fingerprint density at radius 3 is 2.45 bits per heavy atom. The van der Waals surface area contributed by atoms with E-state index in [1.54, 1.807) is 0 Å². The Hall–Kier alpha value is -2.08. The first-order chi connectivity index (χ1) is 9.47. The van der Waals surface area contributed by atoms with Crippen molar-refractivity contribution in [1.82, 2.24) is 0 Å². The molecular weight excluding hydrogens is 287 g/mol. The minimum Gasteiger partial charge on any atom is -0.486 e. The minimum absolute atomic E-state index is 0.00261. The van der Waals surface area contributed by atoms with Crippen LogP contribution in [0.3, 0.4) is 0 Å². The molecule has 6 heteroatoms. The number of benzene rings is 2. The highest BCUT2D eigenvalue weighted by molar-refractivity contribution is 7.80. The molecule has 0 fully saturated rings. The Balaban J connectivity index is 2.15. The number of halogens is 3. The Labute approximate surface area is 119 Å². The molecule has 2 aromatic carbocycles. The van der Waals surface area contributed by atoms with Crippen molar-refractivity contribution in [2.75, 3.05) is 0 Å². The summed E-state index contributed by atoms with van der Waals surface area (Å²) in [6.45, 7) is -0.285. The average molecular weight is 297 g/mol. The van der Waals surface area contributed by atoms with Gasteiger partial charge >= 0.3 is 0 Å². The van der Waals surface area contributed by atoms with Crippen LogP contribution in [-0.2, 0) is 6.61 Å². The zero-order valence-electron chi connectivity index (χ0n) is 10.2. The molecular formula is C14H10F3NOS. The topological polar surface area (TPSA) is 35.2 Å². The van der Waals surface area contributed by atoms with E-state index in [9.17, 15) is 13.2 Å². The molecule has 2 aromatic rings. The van der Waals surface area contributed by atoms with E-state index in [0.717, 1.165) is 24.3 Å². The maximum atomic E-state index is 13.7. The van der Waals surface area contributed by atoms with Gasteiger partial charge in [0.05, 0.1) is 0 Å². The van der Waals surface area contributed by atoms with Gasteiger partial charge in [0.2, 0.25) is 0 Å². The van der Waals surface area contributed by atoms with Crippen molar-refractivity contribution in [3.05, 3.63) is 65.0 Å². The molecule has 0 heterocycles. The van der Waals surface area contributed by atoms with Gasteiger partial charge in [0.1, 0.15) is 23.2 Å². The summed E-state index contributed by atoms with van der Waals surface area (Å²) in [4.78, 5) is 0.0617. The molecule has 104 valence electrons. The Morgan fingerprint density at radius 1 is 1.05 bits per heavy atom. The van der Waals surface area contributed by atoms with Crippen molar-refractivity contribution in [1.29, 1.82) is 0 Å².